The van der Waals surface area contributed by atoms with Crippen LogP contribution in [0.1, 0.15) is 33.6 Å². The molecule has 1 saturated heterocycles. The van der Waals surface area contributed by atoms with Crippen LogP contribution in [-0.2, 0) is 0 Å². The molecule has 0 unspecified atom stereocenters. The van der Waals surface area contributed by atoms with Crippen molar-refractivity contribution in [1.82, 2.24) is 9.88 Å². The van der Waals surface area contributed by atoms with Gasteiger partial charge >= 0.3 is 0 Å². The highest BCUT2D eigenvalue weighted by Crippen LogP contribution is 2.29. The SMILES string of the molecule is Br.CCN(CC)CCNc1cc(N2CCC(C)CC2)nc2ccccc12. The number of piperidine rings is 1. The normalized spacial score (nSPS) is 15.3. The zero-order chi connectivity index (χ0) is 17.6. The summed E-state index contributed by atoms with van der Waals surface area (Å²) in [6.07, 6.45) is 2.53. The van der Waals surface area contributed by atoms with Gasteiger partial charge in [0.05, 0.1) is 5.52 Å². The Hall–Kier alpha value is -1.33. The summed E-state index contributed by atoms with van der Waals surface area (Å²) in [6, 6.07) is 10.7. The van der Waals surface area contributed by atoms with Gasteiger partial charge in [-0.25, -0.2) is 4.98 Å². The summed E-state index contributed by atoms with van der Waals surface area (Å²) in [5, 5.41) is 4.89. The van der Waals surface area contributed by atoms with Gasteiger partial charge in [0, 0.05) is 43.3 Å². The summed E-state index contributed by atoms with van der Waals surface area (Å²) in [7, 11) is 0. The molecule has 1 aromatic carbocycles. The van der Waals surface area contributed by atoms with Crippen LogP contribution in [0.5, 0.6) is 0 Å². The van der Waals surface area contributed by atoms with Gasteiger partial charge in [0.15, 0.2) is 0 Å². The molecule has 0 atom stereocenters. The molecular formula is C21H33BrN4. The van der Waals surface area contributed by atoms with Crippen molar-refractivity contribution in [3.8, 4) is 0 Å². The van der Waals surface area contributed by atoms with E-state index in [9.17, 15) is 0 Å². The number of benzene rings is 1. The molecule has 0 radical (unpaired) electrons. The maximum atomic E-state index is 4.94. The van der Waals surface area contributed by atoms with E-state index in [2.05, 4.69) is 66.2 Å². The van der Waals surface area contributed by atoms with Crippen LogP contribution >= 0.6 is 17.0 Å². The van der Waals surface area contributed by atoms with Crippen molar-refractivity contribution < 1.29 is 0 Å². The summed E-state index contributed by atoms with van der Waals surface area (Å²) in [6.45, 7) is 13.3. The molecular weight excluding hydrogens is 388 g/mol. The van der Waals surface area contributed by atoms with Crippen molar-refractivity contribution in [3.05, 3.63) is 30.3 Å². The molecule has 26 heavy (non-hydrogen) atoms. The van der Waals surface area contributed by atoms with E-state index in [0.29, 0.717) is 0 Å². The molecule has 0 bridgehead atoms. The van der Waals surface area contributed by atoms with E-state index in [0.717, 1.165) is 56.5 Å². The molecule has 5 heteroatoms. The first kappa shape index (κ1) is 21.0. The lowest BCUT2D eigenvalue weighted by Crippen LogP contribution is -2.33. The van der Waals surface area contributed by atoms with E-state index in [1.165, 1.54) is 23.9 Å². The van der Waals surface area contributed by atoms with Crippen LogP contribution in [-0.4, -0.2) is 49.2 Å². The van der Waals surface area contributed by atoms with E-state index in [1.807, 2.05) is 0 Å². The number of rotatable bonds is 7. The molecule has 1 N–H and O–H groups in total. The second-order valence-corrected chi connectivity index (χ2v) is 7.17. The summed E-state index contributed by atoms with van der Waals surface area (Å²) >= 11 is 0. The Morgan fingerprint density at radius 3 is 2.54 bits per heavy atom. The van der Waals surface area contributed by atoms with Gasteiger partial charge in [-0.15, -0.1) is 17.0 Å². The number of nitrogens with one attached hydrogen (secondary N) is 1. The summed E-state index contributed by atoms with van der Waals surface area (Å²) in [5.74, 6) is 1.96. The largest absolute Gasteiger partial charge is 0.383 e. The second-order valence-electron chi connectivity index (χ2n) is 7.17. The molecule has 4 nitrogen and oxygen atoms in total. The first-order valence-corrected chi connectivity index (χ1v) is 9.82. The fraction of sp³-hybridized carbons (Fsp3) is 0.571. The Morgan fingerprint density at radius 1 is 1.15 bits per heavy atom. The summed E-state index contributed by atoms with van der Waals surface area (Å²) in [4.78, 5) is 9.83. The Morgan fingerprint density at radius 2 is 1.85 bits per heavy atom. The molecule has 2 heterocycles. The number of pyridine rings is 1. The van der Waals surface area contributed by atoms with E-state index in [4.69, 9.17) is 4.98 Å². The molecule has 0 saturated carbocycles. The average Bonchev–Trinajstić information content (AvgIpc) is 2.65. The molecule has 0 amide bonds. The lowest BCUT2D eigenvalue weighted by atomic mass is 9.99. The van der Waals surface area contributed by atoms with Gasteiger partial charge in [0.2, 0.25) is 0 Å². The fourth-order valence-electron chi connectivity index (χ4n) is 3.60. The van der Waals surface area contributed by atoms with Crippen LogP contribution in [0.3, 0.4) is 0 Å². The van der Waals surface area contributed by atoms with Crippen molar-refractivity contribution in [2.75, 3.05) is 49.5 Å². The maximum absolute atomic E-state index is 4.94. The molecule has 1 aromatic heterocycles. The number of para-hydroxylation sites is 1. The number of hydrogen-bond acceptors (Lipinski definition) is 4. The molecule has 1 aliphatic rings. The Bertz CT molecular complexity index is 679. The van der Waals surface area contributed by atoms with Gasteiger partial charge in [0.25, 0.3) is 0 Å². The molecule has 3 rings (SSSR count). The highest BCUT2D eigenvalue weighted by Gasteiger charge is 2.18. The van der Waals surface area contributed by atoms with E-state index in [1.54, 1.807) is 0 Å². The van der Waals surface area contributed by atoms with Crippen LogP contribution in [0.25, 0.3) is 10.9 Å². The smallest absolute Gasteiger partial charge is 0.131 e. The third-order valence-corrected chi connectivity index (χ3v) is 5.45. The van der Waals surface area contributed by atoms with Crippen LogP contribution in [0.15, 0.2) is 30.3 Å². The number of likely N-dealkylation sites (N-methyl/N-ethyl adjacent to an activating group) is 1. The summed E-state index contributed by atoms with van der Waals surface area (Å²) in [5.41, 5.74) is 2.30. The van der Waals surface area contributed by atoms with E-state index in [-0.39, 0.29) is 17.0 Å². The molecule has 0 aliphatic carbocycles. The Kier molecular flexibility index (Phi) is 8.16. The van der Waals surface area contributed by atoms with Gasteiger partial charge in [-0.3, -0.25) is 0 Å². The van der Waals surface area contributed by atoms with Gasteiger partial charge in [-0.2, -0.15) is 0 Å². The van der Waals surface area contributed by atoms with Crippen molar-refractivity contribution in [3.63, 3.8) is 0 Å². The predicted molar refractivity (Wildman–Crippen MR) is 119 cm³/mol. The first-order chi connectivity index (χ1) is 12.2. The van der Waals surface area contributed by atoms with Crippen molar-refractivity contribution in [2.45, 2.75) is 33.6 Å². The predicted octanol–water partition coefficient (Wildman–Crippen LogP) is 4.80. The first-order valence-electron chi connectivity index (χ1n) is 9.82. The number of fused-ring (bicyclic) bond motifs is 1. The Labute approximate surface area is 168 Å². The fourth-order valence-corrected chi connectivity index (χ4v) is 3.60. The van der Waals surface area contributed by atoms with E-state index < -0.39 is 0 Å². The lowest BCUT2D eigenvalue weighted by molar-refractivity contribution is 0.316. The topological polar surface area (TPSA) is 31.4 Å². The number of aromatic nitrogens is 1. The number of nitrogens with zero attached hydrogens (tertiary/aromatic N) is 3. The molecule has 1 fully saturated rings. The van der Waals surface area contributed by atoms with Crippen molar-refractivity contribution in [1.29, 1.82) is 0 Å². The van der Waals surface area contributed by atoms with Crippen molar-refractivity contribution >= 4 is 39.4 Å². The van der Waals surface area contributed by atoms with Crippen LogP contribution in [0, 0.1) is 5.92 Å². The van der Waals surface area contributed by atoms with Crippen LogP contribution in [0.4, 0.5) is 11.5 Å². The zero-order valence-electron chi connectivity index (χ0n) is 16.4. The highest BCUT2D eigenvalue weighted by molar-refractivity contribution is 8.93. The lowest BCUT2D eigenvalue weighted by Gasteiger charge is -2.31. The number of halogens is 1. The zero-order valence-corrected chi connectivity index (χ0v) is 18.1. The minimum atomic E-state index is 0. The quantitative estimate of drug-likeness (QED) is 0.696. The third kappa shape index (κ3) is 5.10. The maximum Gasteiger partial charge on any atom is 0.131 e. The van der Waals surface area contributed by atoms with Gasteiger partial charge in [-0.1, -0.05) is 39.0 Å². The molecule has 2 aromatic rings. The van der Waals surface area contributed by atoms with E-state index >= 15 is 0 Å². The molecule has 144 valence electrons. The van der Waals surface area contributed by atoms with Crippen LogP contribution < -0.4 is 10.2 Å². The second kappa shape index (κ2) is 10.1. The van der Waals surface area contributed by atoms with Gasteiger partial charge in [-0.05, 0) is 37.9 Å². The third-order valence-electron chi connectivity index (χ3n) is 5.45. The molecule has 0 spiro atoms. The average molecular weight is 421 g/mol. The number of hydrogen-bond donors (Lipinski definition) is 1. The summed E-state index contributed by atoms with van der Waals surface area (Å²) < 4.78 is 0. The molecule has 1 aliphatic heterocycles. The highest BCUT2D eigenvalue weighted by atomic mass is 79.9. The van der Waals surface area contributed by atoms with Gasteiger partial charge in [0.1, 0.15) is 5.82 Å². The van der Waals surface area contributed by atoms with Crippen LogP contribution in [0.2, 0.25) is 0 Å². The Balaban J connectivity index is 0.00000243. The minimum absolute atomic E-state index is 0. The number of anilines is 2. The minimum Gasteiger partial charge on any atom is -0.383 e. The van der Waals surface area contributed by atoms with Crippen molar-refractivity contribution in [2.24, 2.45) is 5.92 Å². The monoisotopic (exact) mass is 420 g/mol. The van der Waals surface area contributed by atoms with Gasteiger partial charge < -0.3 is 15.1 Å². The standard InChI is InChI=1S/C21H32N4.BrH/c1-4-24(5-2)15-12-22-20-16-21(25-13-10-17(3)11-14-25)23-19-9-7-6-8-18(19)20;/h6-9,16-17H,4-5,10-15H2,1-3H3,(H,22,23);1H.